The van der Waals surface area contributed by atoms with Crippen molar-refractivity contribution in [2.24, 2.45) is 0 Å². The van der Waals surface area contributed by atoms with E-state index in [0.29, 0.717) is 23.5 Å². The molecule has 30 heavy (non-hydrogen) atoms. The molecule has 2 N–H and O–H groups in total. The molecule has 0 bridgehead atoms. The van der Waals surface area contributed by atoms with Gasteiger partial charge in [0, 0.05) is 17.8 Å². The van der Waals surface area contributed by atoms with Gasteiger partial charge in [-0.25, -0.2) is 0 Å². The highest BCUT2D eigenvalue weighted by molar-refractivity contribution is 5.98. The third-order valence-corrected chi connectivity index (χ3v) is 4.52. The van der Waals surface area contributed by atoms with Gasteiger partial charge in [-0.15, -0.1) is 0 Å². The summed E-state index contributed by atoms with van der Waals surface area (Å²) in [6, 6.07) is 14.2. The zero-order valence-electron chi connectivity index (χ0n) is 17.7. The second kappa shape index (κ2) is 11.6. The summed E-state index contributed by atoms with van der Waals surface area (Å²) in [5.41, 5.74) is 2.21. The van der Waals surface area contributed by atoms with E-state index in [9.17, 15) is 14.4 Å². The Kier molecular flexibility index (Phi) is 8.87. The fraction of sp³-hybridized carbons (Fsp3) is 0.348. The van der Waals surface area contributed by atoms with Crippen LogP contribution in [0, 0.1) is 6.92 Å². The fourth-order valence-electron chi connectivity index (χ4n) is 2.77. The fourth-order valence-corrected chi connectivity index (χ4v) is 2.77. The van der Waals surface area contributed by atoms with Gasteiger partial charge in [-0.1, -0.05) is 31.0 Å². The maximum Gasteiger partial charge on any atom is 0.254 e. The largest absolute Gasteiger partial charge is 0.497 e. The van der Waals surface area contributed by atoms with E-state index in [4.69, 9.17) is 4.74 Å². The SMILES string of the molecule is CCCCN(CC(=O)NCC(=O)Nc1ccc(OC)cc1)C(=O)c1ccc(C)cc1. The molecule has 7 nitrogen and oxygen atoms in total. The predicted molar refractivity (Wildman–Crippen MR) is 117 cm³/mol. The maximum atomic E-state index is 12.8. The summed E-state index contributed by atoms with van der Waals surface area (Å²) in [6.45, 7) is 4.19. The average molecular weight is 412 g/mol. The molecule has 0 spiro atoms. The van der Waals surface area contributed by atoms with Crippen molar-refractivity contribution in [1.29, 1.82) is 0 Å². The lowest BCUT2D eigenvalue weighted by molar-refractivity contribution is -0.124. The predicted octanol–water partition coefficient (Wildman–Crippen LogP) is 3.00. The van der Waals surface area contributed by atoms with Crippen molar-refractivity contribution >= 4 is 23.4 Å². The van der Waals surface area contributed by atoms with Crippen molar-refractivity contribution in [3.63, 3.8) is 0 Å². The van der Waals surface area contributed by atoms with Gasteiger partial charge < -0.3 is 20.3 Å². The van der Waals surface area contributed by atoms with Crippen molar-refractivity contribution < 1.29 is 19.1 Å². The Morgan fingerprint density at radius 3 is 2.23 bits per heavy atom. The molecule has 0 aromatic heterocycles. The Bertz CT molecular complexity index is 848. The molecule has 0 unspecified atom stereocenters. The standard InChI is InChI=1S/C23H29N3O4/c1-4-5-14-26(23(29)18-8-6-17(2)7-9-18)16-22(28)24-15-21(27)25-19-10-12-20(30-3)13-11-19/h6-13H,4-5,14-16H2,1-3H3,(H,24,28)(H,25,27). The van der Waals surface area contributed by atoms with E-state index in [1.807, 2.05) is 26.0 Å². The van der Waals surface area contributed by atoms with E-state index in [-0.39, 0.29) is 30.8 Å². The zero-order valence-corrected chi connectivity index (χ0v) is 17.7. The van der Waals surface area contributed by atoms with Gasteiger partial charge in [-0.2, -0.15) is 0 Å². The summed E-state index contributed by atoms with van der Waals surface area (Å²) in [5.74, 6) is -0.233. The third-order valence-electron chi connectivity index (χ3n) is 4.52. The molecule has 0 heterocycles. The molecular weight excluding hydrogens is 382 g/mol. The molecule has 0 fully saturated rings. The van der Waals surface area contributed by atoms with Crippen molar-refractivity contribution in [2.75, 3.05) is 32.1 Å². The first kappa shape index (κ1) is 22.9. The minimum atomic E-state index is -0.378. The van der Waals surface area contributed by atoms with Crippen LogP contribution < -0.4 is 15.4 Å². The van der Waals surface area contributed by atoms with Crippen LogP contribution in [0.15, 0.2) is 48.5 Å². The molecule has 0 atom stereocenters. The topological polar surface area (TPSA) is 87.7 Å². The van der Waals surface area contributed by atoms with Gasteiger partial charge >= 0.3 is 0 Å². The van der Waals surface area contributed by atoms with Crippen LogP contribution in [0.25, 0.3) is 0 Å². The number of anilines is 1. The van der Waals surface area contributed by atoms with Crippen LogP contribution in [0.3, 0.4) is 0 Å². The van der Waals surface area contributed by atoms with E-state index in [2.05, 4.69) is 10.6 Å². The highest BCUT2D eigenvalue weighted by Gasteiger charge is 2.18. The highest BCUT2D eigenvalue weighted by atomic mass is 16.5. The van der Waals surface area contributed by atoms with Gasteiger partial charge in [0.15, 0.2) is 0 Å². The molecule has 0 aliphatic heterocycles. The summed E-state index contributed by atoms with van der Waals surface area (Å²) in [7, 11) is 1.57. The monoisotopic (exact) mass is 411 g/mol. The van der Waals surface area contributed by atoms with Crippen LogP contribution in [-0.2, 0) is 9.59 Å². The van der Waals surface area contributed by atoms with Crippen molar-refractivity contribution in [1.82, 2.24) is 10.2 Å². The summed E-state index contributed by atoms with van der Waals surface area (Å²) < 4.78 is 5.07. The quantitative estimate of drug-likeness (QED) is 0.629. The van der Waals surface area contributed by atoms with E-state index < -0.39 is 0 Å². The maximum absolute atomic E-state index is 12.8. The van der Waals surface area contributed by atoms with E-state index >= 15 is 0 Å². The summed E-state index contributed by atoms with van der Waals surface area (Å²) in [4.78, 5) is 38.7. The molecule has 0 aliphatic rings. The van der Waals surface area contributed by atoms with E-state index in [0.717, 1.165) is 18.4 Å². The molecule has 2 aromatic rings. The number of hydrogen-bond acceptors (Lipinski definition) is 4. The van der Waals surface area contributed by atoms with Crippen molar-refractivity contribution in [3.05, 3.63) is 59.7 Å². The number of carbonyl (C=O) groups excluding carboxylic acids is 3. The minimum Gasteiger partial charge on any atom is -0.497 e. The van der Waals surface area contributed by atoms with Crippen LogP contribution in [0.4, 0.5) is 5.69 Å². The van der Waals surface area contributed by atoms with Crippen molar-refractivity contribution in [3.8, 4) is 5.75 Å². The number of hydrogen-bond donors (Lipinski definition) is 2. The first-order valence-corrected chi connectivity index (χ1v) is 9.99. The Balaban J connectivity index is 1.88. The lowest BCUT2D eigenvalue weighted by Crippen LogP contribution is -2.43. The number of aryl methyl sites for hydroxylation is 1. The molecule has 0 radical (unpaired) electrons. The minimum absolute atomic E-state index is 0.0947. The Morgan fingerprint density at radius 2 is 1.63 bits per heavy atom. The molecule has 3 amide bonds. The Morgan fingerprint density at radius 1 is 0.967 bits per heavy atom. The molecule has 0 aliphatic carbocycles. The molecule has 160 valence electrons. The van der Waals surface area contributed by atoms with Crippen LogP contribution in [-0.4, -0.2) is 49.4 Å². The lowest BCUT2D eigenvalue weighted by atomic mass is 10.1. The van der Waals surface area contributed by atoms with Gasteiger partial charge in [-0.3, -0.25) is 14.4 Å². The van der Waals surface area contributed by atoms with Crippen LogP contribution >= 0.6 is 0 Å². The smallest absolute Gasteiger partial charge is 0.254 e. The van der Waals surface area contributed by atoms with E-state index in [1.165, 1.54) is 4.90 Å². The number of carbonyl (C=O) groups is 3. The first-order chi connectivity index (χ1) is 14.4. The molecule has 7 heteroatoms. The van der Waals surface area contributed by atoms with Gasteiger partial charge in [0.1, 0.15) is 5.75 Å². The lowest BCUT2D eigenvalue weighted by Gasteiger charge is -2.22. The first-order valence-electron chi connectivity index (χ1n) is 9.99. The average Bonchev–Trinajstić information content (AvgIpc) is 2.75. The number of nitrogens with zero attached hydrogens (tertiary/aromatic N) is 1. The Labute approximate surface area is 177 Å². The zero-order chi connectivity index (χ0) is 21.9. The van der Waals surface area contributed by atoms with Gasteiger partial charge in [0.05, 0.1) is 20.2 Å². The molecule has 2 rings (SSSR count). The number of methoxy groups -OCH3 is 1. The number of nitrogens with one attached hydrogen (secondary N) is 2. The van der Waals surface area contributed by atoms with Gasteiger partial charge in [0.2, 0.25) is 11.8 Å². The number of rotatable bonds is 10. The second-order valence-corrected chi connectivity index (χ2v) is 7.00. The van der Waals surface area contributed by atoms with Gasteiger partial charge in [0.25, 0.3) is 5.91 Å². The summed E-state index contributed by atoms with van der Waals surface area (Å²) >= 11 is 0. The Hall–Kier alpha value is -3.35. The molecule has 0 saturated heterocycles. The number of amides is 3. The highest BCUT2D eigenvalue weighted by Crippen LogP contribution is 2.14. The number of benzene rings is 2. The van der Waals surface area contributed by atoms with Crippen molar-refractivity contribution in [2.45, 2.75) is 26.7 Å². The van der Waals surface area contributed by atoms with E-state index in [1.54, 1.807) is 43.5 Å². The number of ether oxygens (including phenoxy) is 1. The molecular formula is C23H29N3O4. The van der Waals surface area contributed by atoms with Crippen LogP contribution in [0.1, 0.15) is 35.7 Å². The van der Waals surface area contributed by atoms with Crippen LogP contribution in [0.2, 0.25) is 0 Å². The normalized spacial score (nSPS) is 10.2. The summed E-state index contributed by atoms with van der Waals surface area (Å²) in [6.07, 6.45) is 1.70. The molecule has 0 saturated carbocycles. The van der Waals surface area contributed by atoms with Crippen LogP contribution in [0.5, 0.6) is 5.75 Å². The molecule has 2 aromatic carbocycles. The number of unbranched alkanes of at least 4 members (excludes halogenated alkanes) is 1. The third kappa shape index (κ3) is 7.24. The van der Waals surface area contributed by atoms with Gasteiger partial charge in [-0.05, 0) is 49.7 Å². The summed E-state index contributed by atoms with van der Waals surface area (Å²) in [5, 5.41) is 5.28. The second-order valence-electron chi connectivity index (χ2n) is 7.00.